The predicted octanol–water partition coefficient (Wildman–Crippen LogP) is 1.31. The Kier molecular flexibility index (Phi) is 5.14. The van der Waals surface area contributed by atoms with E-state index < -0.39 is 5.91 Å². The maximum atomic E-state index is 11.8. The summed E-state index contributed by atoms with van der Waals surface area (Å²) in [6.45, 7) is 3.30. The van der Waals surface area contributed by atoms with Gasteiger partial charge in [-0.15, -0.1) is 0 Å². The van der Waals surface area contributed by atoms with Gasteiger partial charge in [0.25, 0.3) is 5.91 Å². The minimum Gasteiger partial charge on any atom is -0.455 e. The van der Waals surface area contributed by atoms with E-state index in [1.54, 1.807) is 0 Å². The molecule has 0 saturated heterocycles. The van der Waals surface area contributed by atoms with E-state index in [9.17, 15) is 14.4 Å². The molecule has 1 saturated carbocycles. The monoisotopic (exact) mass is 304 g/mol. The molecular formula is C16H20N2O4. The number of anilines is 1. The molecule has 2 amide bonds. The predicted molar refractivity (Wildman–Crippen MR) is 81.2 cm³/mol. The summed E-state index contributed by atoms with van der Waals surface area (Å²) in [5.41, 5.74) is 2.66. The molecule has 1 aliphatic carbocycles. The van der Waals surface area contributed by atoms with Crippen molar-refractivity contribution in [1.29, 1.82) is 0 Å². The smallest absolute Gasteiger partial charge is 0.309 e. The first-order valence-corrected chi connectivity index (χ1v) is 7.27. The Morgan fingerprint density at radius 2 is 1.77 bits per heavy atom. The molecule has 0 heterocycles. The highest BCUT2D eigenvalue weighted by Gasteiger charge is 2.31. The summed E-state index contributed by atoms with van der Waals surface area (Å²) in [5.74, 6) is -1.18. The van der Waals surface area contributed by atoms with E-state index in [0.717, 1.165) is 29.7 Å². The Balaban J connectivity index is 1.72. The van der Waals surface area contributed by atoms with Gasteiger partial charge in [0, 0.05) is 5.69 Å². The van der Waals surface area contributed by atoms with Crippen LogP contribution in [0.3, 0.4) is 0 Å². The topological polar surface area (TPSA) is 84.5 Å². The number of hydrogen-bond acceptors (Lipinski definition) is 4. The number of carbonyl (C=O) groups is 3. The molecule has 1 aromatic rings. The number of esters is 1. The normalized spacial score (nSPS) is 13.4. The standard InChI is InChI=1S/C16H20N2O4/c1-10-4-3-5-11(2)15(10)18-13(19)8-17-14(20)9-22-16(21)12-6-7-12/h3-5,12H,6-9H2,1-2H3,(H,17,20)(H,18,19). The second-order valence-electron chi connectivity index (χ2n) is 5.47. The quantitative estimate of drug-likeness (QED) is 0.776. The molecule has 1 aliphatic rings. The molecule has 2 rings (SSSR count). The third kappa shape index (κ3) is 4.58. The number of ether oxygens (including phenoxy) is 1. The number of amides is 2. The van der Waals surface area contributed by atoms with Gasteiger partial charge in [0.2, 0.25) is 5.91 Å². The van der Waals surface area contributed by atoms with Crippen LogP contribution < -0.4 is 10.6 Å². The lowest BCUT2D eigenvalue weighted by atomic mass is 10.1. The van der Waals surface area contributed by atoms with Crippen LogP contribution in [0.25, 0.3) is 0 Å². The van der Waals surface area contributed by atoms with E-state index in [1.165, 1.54) is 0 Å². The fourth-order valence-corrected chi connectivity index (χ4v) is 2.00. The first-order chi connectivity index (χ1) is 10.5. The van der Waals surface area contributed by atoms with Gasteiger partial charge in [-0.05, 0) is 37.8 Å². The van der Waals surface area contributed by atoms with Crippen molar-refractivity contribution in [2.24, 2.45) is 5.92 Å². The molecule has 0 atom stereocenters. The minimum absolute atomic E-state index is 0.0415. The molecule has 1 fully saturated rings. The van der Waals surface area contributed by atoms with Crippen LogP contribution in [0.2, 0.25) is 0 Å². The van der Waals surface area contributed by atoms with Gasteiger partial charge in [0.15, 0.2) is 6.61 Å². The van der Waals surface area contributed by atoms with E-state index in [1.807, 2.05) is 32.0 Å². The van der Waals surface area contributed by atoms with E-state index in [0.29, 0.717) is 0 Å². The number of rotatable bonds is 6. The summed E-state index contributed by atoms with van der Waals surface area (Å²) >= 11 is 0. The third-order valence-electron chi connectivity index (χ3n) is 3.45. The maximum absolute atomic E-state index is 11.8. The van der Waals surface area contributed by atoms with Gasteiger partial charge in [0.1, 0.15) is 0 Å². The fraction of sp³-hybridized carbons (Fsp3) is 0.438. The molecule has 0 aliphatic heterocycles. The zero-order valence-electron chi connectivity index (χ0n) is 12.8. The number of aryl methyl sites for hydroxylation is 2. The van der Waals surface area contributed by atoms with Gasteiger partial charge in [-0.1, -0.05) is 18.2 Å². The van der Waals surface area contributed by atoms with Crippen LogP contribution in [0.1, 0.15) is 24.0 Å². The zero-order chi connectivity index (χ0) is 16.1. The van der Waals surface area contributed by atoms with Crippen molar-refractivity contribution in [2.45, 2.75) is 26.7 Å². The highest BCUT2D eigenvalue weighted by atomic mass is 16.5. The largest absolute Gasteiger partial charge is 0.455 e. The summed E-state index contributed by atoms with van der Waals surface area (Å²) in [6, 6.07) is 5.72. The van der Waals surface area contributed by atoms with Crippen molar-refractivity contribution in [3.8, 4) is 0 Å². The van der Waals surface area contributed by atoms with Crippen LogP contribution in [-0.2, 0) is 19.1 Å². The molecule has 1 aromatic carbocycles. The Hall–Kier alpha value is -2.37. The highest BCUT2D eigenvalue weighted by molar-refractivity contribution is 5.96. The summed E-state index contributed by atoms with van der Waals surface area (Å²) in [5, 5.41) is 5.19. The lowest BCUT2D eigenvalue weighted by Crippen LogP contribution is -2.35. The van der Waals surface area contributed by atoms with Crippen LogP contribution in [0.5, 0.6) is 0 Å². The van der Waals surface area contributed by atoms with Gasteiger partial charge in [0.05, 0.1) is 12.5 Å². The van der Waals surface area contributed by atoms with Crippen molar-refractivity contribution >= 4 is 23.5 Å². The van der Waals surface area contributed by atoms with Crippen LogP contribution in [0.15, 0.2) is 18.2 Å². The zero-order valence-corrected chi connectivity index (χ0v) is 12.8. The first kappa shape index (κ1) is 16.0. The molecule has 0 radical (unpaired) electrons. The van der Waals surface area contributed by atoms with Gasteiger partial charge in [-0.3, -0.25) is 14.4 Å². The van der Waals surface area contributed by atoms with Crippen molar-refractivity contribution in [1.82, 2.24) is 5.32 Å². The summed E-state index contributed by atoms with van der Waals surface area (Å²) in [7, 11) is 0. The molecule has 0 unspecified atom stereocenters. The summed E-state index contributed by atoms with van der Waals surface area (Å²) < 4.78 is 4.83. The van der Waals surface area contributed by atoms with Gasteiger partial charge in [-0.25, -0.2) is 0 Å². The van der Waals surface area contributed by atoms with Crippen molar-refractivity contribution in [2.75, 3.05) is 18.5 Å². The SMILES string of the molecule is Cc1cccc(C)c1NC(=O)CNC(=O)COC(=O)C1CC1. The molecule has 2 N–H and O–H groups in total. The molecule has 0 aromatic heterocycles. The van der Waals surface area contributed by atoms with E-state index in [4.69, 9.17) is 4.74 Å². The van der Waals surface area contributed by atoms with Crippen molar-refractivity contribution in [3.63, 3.8) is 0 Å². The fourth-order valence-electron chi connectivity index (χ4n) is 2.00. The molecule has 22 heavy (non-hydrogen) atoms. The maximum Gasteiger partial charge on any atom is 0.309 e. The highest BCUT2D eigenvalue weighted by Crippen LogP contribution is 2.29. The van der Waals surface area contributed by atoms with Gasteiger partial charge < -0.3 is 15.4 Å². The molecular weight excluding hydrogens is 284 g/mol. The minimum atomic E-state index is -0.481. The van der Waals surface area contributed by atoms with Crippen molar-refractivity contribution < 1.29 is 19.1 Å². The Bertz CT molecular complexity index is 574. The Morgan fingerprint density at radius 3 is 2.36 bits per heavy atom. The Morgan fingerprint density at radius 1 is 1.14 bits per heavy atom. The second kappa shape index (κ2) is 7.06. The molecule has 0 spiro atoms. The second-order valence-corrected chi connectivity index (χ2v) is 5.47. The van der Waals surface area contributed by atoms with Crippen LogP contribution >= 0.6 is 0 Å². The molecule has 6 heteroatoms. The number of hydrogen-bond donors (Lipinski definition) is 2. The number of benzene rings is 1. The number of para-hydroxylation sites is 1. The van der Waals surface area contributed by atoms with Crippen molar-refractivity contribution in [3.05, 3.63) is 29.3 Å². The summed E-state index contributed by atoms with van der Waals surface area (Å²) in [4.78, 5) is 34.6. The average molecular weight is 304 g/mol. The van der Waals surface area contributed by atoms with Gasteiger partial charge in [-0.2, -0.15) is 0 Å². The summed E-state index contributed by atoms with van der Waals surface area (Å²) in [6.07, 6.45) is 1.66. The average Bonchev–Trinajstić information content (AvgIpc) is 3.31. The van der Waals surface area contributed by atoms with E-state index in [2.05, 4.69) is 10.6 Å². The molecule has 0 bridgehead atoms. The Labute approximate surface area is 129 Å². The lowest BCUT2D eigenvalue weighted by molar-refractivity contribution is -0.149. The molecule has 118 valence electrons. The van der Waals surface area contributed by atoms with Crippen LogP contribution in [-0.4, -0.2) is 30.9 Å². The van der Waals surface area contributed by atoms with Crippen LogP contribution in [0.4, 0.5) is 5.69 Å². The van der Waals surface area contributed by atoms with Crippen LogP contribution in [0, 0.1) is 19.8 Å². The lowest BCUT2D eigenvalue weighted by Gasteiger charge is -2.12. The molecule has 6 nitrogen and oxygen atoms in total. The van der Waals surface area contributed by atoms with E-state index in [-0.39, 0.29) is 30.9 Å². The van der Waals surface area contributed by atoms with E-state index >= 15 is 0 Å². The van der Waals surface area contributed by atoms with Gasteiger partial charge >= 0.3 is 5.97 Å². The number of carbonyl (C=O) groups excluding carboxylic acids is 3. The first-order valence-electron chi connectivity index (χ1n) is 7.27. The third-order valence-corrected chi connectivity index (χ3v) is 3.45. The number of nitrogens with one attached hydrogen (secondary N) is 2.